The molecule has 0 spiro atoms. The van der Waals surface area contributed by atoms with Gasteiger partial charge in [0.05, 0.1) is 25.0 Å². The Bertz CT molecular complexity index is 1670. The number of primary amides is 1. The number of piperidine rings is 1. The first-order chi connectivity index (χ1) is 23.0. The molecule has 1 atom stereocenters. The molecule has 3 amide bonds. The van der Waals surface area contributed by atoms with Crippen molar-refractivity contribution in [2.24, 2.45) is 17.6 Å². The van der Waals surface area contributed by atoms with Gasteiger partial charge in [0, 0.05) is 13.1 Å². The van der Waals surface area contributed by atoms with Gasteiger partial charge in [0.15, 0.2) is 0 Å². The van der Waals surface area contributed by atoms with E-state index in [0.717, 1.165) is 35.3 Å². The molecule has 2 aromatic carbocycles. The van der Waals surface area contributed by atoms with E-state index < -0.39 is 23.3 Å². The molecule has 3 heterocycles. The van der Waals surface area contributed by atoms with Crippen LogP contribution < -0.4 is 25.3 Å². The Kier molecular flexibility index (Phi) is 9.48. The van der Waals surface area contributed by atoms with E-state index in [1.54, 1.807) is 12.0 Å². The second-order valence-corrected chi connectivity index (χ2v) is 13.8. The molecule has 1 unspecified atom stereocenters. The molecule has 254 valence electrons. The van der Waals surface area contributed by atoms with Gasteiger partial charge in [0.25, 0.3) is 0 Å². The Morgan fingerprint density at radius 2 is 1.69 bits per heavy atom. The fourth-order valence-electron chi connectivity index (χ4n) is 6.21. The van der Waals surface area contributed by atoms with Crippen molar-refractivity contribution in [1.82, 2.24) is 9.88 Å². The van der Waals surface area contributed by atoms with Gasteiger partial charge in [-0.1, -0.05) is 18.2 Å². The minimum absolute atomic E-state index is 0.0333. The Labute approximate surface area is 281 Å². The number of amides is 3. The average molecular weight is 657 g/mol. The van der Waals surface area contributed by atoms with Crippen LogP contribution in [0.1, 0.15) is 69.1 Å². The number of ether oxygens (including phenoxy) is 4. The van der Waals surface area contributed by atoms with Crippen LogP contribution in [0.3, 0.4) is 0 Å². The number of nitrogens with one attached hydrogen (secondary N) is 1. The molecule has 1 saturated carbocycles. The third-order valence-electron chi connectivity index (χ3n) is 9.02. The maximum Gasteiger partial charge on any atom is 0.410 e. The van der Waals surface area contributed by atoms with Gasteiger partial charge in [-0.05, 0) is 112 Å². The highest BCUT2D eigenvalue weighted by atomic mass is 16.6. The first-order valence-corrected chi connectivity index (χ1v) is 16.6. The molecule has 1 saturated heterocycles. The Balaban J connectivity index is 1.37. The van der Waals surface area contributed by atoms with Gasteiger partial charge in [-0.15, -0.1) is 0 Å². The van der Waals surface area contributed by atoms with Gasteiger partial charge in [-0.2, -0.15) is 0 Å². The highest BCUT2D eigenvalue weighted by molar-refractivity contribution is 6.08. The zero-order chi connectivity index (χ0) is 34.0. The number of pyridine rings is 1. The molecule has 3 N–H and O–H groups in total. The van der Waals surface area contributed by atoms with Crippen molar-refractivity contribution in [2.45, 2.75) is 71.0 Å². The number of methoxy groups -OCH3 is 1. The number of nitrogens with zero attached hydrogens (tertiary/aromatic N) is 2. The number of carbonyl (C=O) groups is 3. The van der Waals surface area contributed by atoms with Gasteiger partial charge >= 0.3 is 6.09 Å². The summed E-state index contributed by atoms with van der Waals surface area (Å²) in [6.45, 7) is 7.48. The van der Waals surface area contributed by atoms with Crippen LogP contribution in [0.25, 0.3) is 11.3 Å². The van der Waals surface area contributed by atoms with Crippen LogP contribution in [-0.4, -0.2) is 60.2 Å². The normalized spacial score (nSPS) is 18.0. The highest BCUT2D eigenvalue weighted by Crippen LogP contribution is 2.44. The van der Waals surface area contributed by atoms with Crippen molar-refractivity contribution in [3.05, 3.63) is 65.2 Å². The summed E-state index contributed by atoms with van der Waals surface area (Å²) in [6, 6.07) is 15.4. The molecule has 3 aliphatic rings. The van der Waals surface area contributed by atoms with Crippen molar-refractivity contribution in [1.29, 1.82) is 0 Å². The Hall–Kier alpha value is -4.80. The van der Waals surface area contributed by atoms with E-state index in [4.69, 9.17) is 29.7 Å². The number of likely N-dealkylation sites (tertiary alicyclic amines) is 1. The molecule has 2 fully saturated rings. The molecule has 1 aliphatic carbocycles. The third kappa shape index (κ3) is 7.67. The first kappa shape index (κ1) is 33.1. The van der Waals surface area contributed by atoms with Crippen LogP contribution in [0.15, 0.2) is 48.5 Å². The lowest BCUT2D eigenvalue weighted by atomic mass is 9.82. The molecule has 11 nitrogen and oxygen atoms in total. The first-order valence-electron chi connectivity index (χ1n) is 16.6. The monoisotopic (exact) mass is 656 g/mol. The molecule has 2 aliphatic heterocycles. The second-order valence-electron chi connectivity index (χ2n) is 13.8. The van der Waals surface area contributed by atoms with E-state index in [1.807, 2.05) is 69.3 Å². The summed E-state index contributed by atoms with van der Waals surface area (Å²) >= 11 is 0. The van der Waals surface area contributed by atoms with Gasteiger partial charge < -0.3 is 34.9 Å². The van der Waals surface area contributed by atoms with Crippen LogP contribution in [0.2, 0.25) is 0 Å². The van der Waals surface area contributed by atoms with Gasteiger partial charge in [0.2, 0.25) is 11.8 Å². The van der Waals surface area contributed by atoms with Crippen molar-refractivity contribution in [3.63, 3.8) is 0 Å². The molecule has 3 aromatic rings. The topological polar surface area (TPSA) is 142 Å². The van der Waals surface area contributed by atoms with Crippen LogP contribution in [-0.2, 0) is 27.4 Å². The number of rotatable bonds is 10. The zero-order valence-electron chi connectivity index (χ0n) is 28.0. The van der Waals surface area contributed by atoms with Gasteiger partial charge in [0.1, 0.15) is 41.2 Å². The molecule has 0 radical (unpaired) electrons. The maximum absolute atomic E-state index is 13.0. The van der Waals surface area contributed by atoms with Gasteiger partial charge in [-0.25, -0.2) is 9.78 Å². The van der Waals surface area contributed by atoms with Crippen LogP contribution in [0, 0.1) is 11.8 Å². The summed E-state index contributed by atoms with van der Waals surface area (Å²) in [7, 11) is 1.63. The van der Waals surface area contributed by atoms with Crippen LogP contribution in [0.5, 0.6) is 17.2 Å². The summed E-state index contributed by atoms with van der Waals surface area (Å²) in [4.78, 5) is 44.8. The molecule has 1 aromatic heterocycles. The van der Waals surface area contributed by atoms with Gasteiger partial charge in [-0.3, -0.25) is 9.59 Å². The molecule has 48 heavy (non-hydrogen) atoms. The van der Waals surface area contributed by atoms with Crippen molar-refractivity contribution in [3.8, 4) is 28.5 Å². The number of hydrogen-bond acceptors (Lipinski definition) is 8. The summed E-state index contributed by atoms with van der Waals surface area (Å²) in [6.07, 6.45) is 3.44. The van der Waals surface area contributed by atoms with Crippen LogP contribution >= 0.6 is 0 Å². The fraction of sp³-hybridized carbons (Fsp3) is 0.459. The number of benzene rings is 2. The quantitative estimate of drug-likeness (QED) is 0.260. The fourth-order valence-corrected chi connectivity index (χ4v) is 6.21. The number of hydrogen-bond donors (Lipinski definition) is 2. The summed E-state index contributed by atoms with van der Waals surface area (Å²) in [5.41, 5.74) is 9.05. The number of nitrogens with two attached hydrogens (primary N) is 1. The van der Waals surface area contributed by atoms with E-state index in [2.05, 4.69) is 5.32 Å². The predicted octanol–water partition coefficient (Wildman–Crippen LogP) is 5.84. The standard InChI is InChI=1S/C37H44N4O7/c1-37(2,3)48-36(44)41-16-14-24(15-17-41)26-19-29(39-34-27(26)18-28(33(38)42)35(43)40-34)32-30(46-20-22-8-9-22)6-5-7-31(32)47-21-23-10-12-25(45-4)13-11-23/h5-7,10-13,19,22,24,28H,8-9,14-18,20-21H2,1-4H3,(H2,38,42)(H,39,40,43). The van der Waals surface area contributed by atoms with E-state index >= 15 is 0 Å². The largest absolute Gasteiger partial charge is 0.497 e. The second kappa shape index (κ2) is 13.7. The van der Waals surface area contributed by atoms with E-state index in [1.165, 1.54) is 0 Å². The maximum atomic E-state index is 13.0. The van der Waals surface area contributed by atoms with E-state index in [0.29, 0.717) is 73.6 Å². The molecular formula is C37H44N4O7. The molecule has 6 rings (SSSR count). The average Bonchev–Trinajstić information content (AvgIpc) is 3.89. The molecule has 11 heteroatoms. The smallest absolute Gasteiger partial charge is 0.410 e. The van der Waals surface area contributed by atoms with Crippen molar-refractivity contribution in [2.75, 3.05) is 32.1 Å². The lowest BCUT2D eigenvalue weighted by Gasteiger charge is -2.35. The summed E-state index contributed by atoms with van der Waals surface area (Å²) in [5, 5.41) is 2.87. The Morgan fingerprint density at radius 3 is 2.31 bits per heavy atom. The lowest BCUT2D eigenvalue weighted by molar-refractivity contribution is -0.130. The number of fused-ring (bicyclic) bond motifs is 1. The van der Waals surface area contributed by atoms with Crippen LogP contribution in [0.4, 0.5) is 10.6 Å². The number of anilines is 1. The minimum atomic E-state index is -0.997. The SMILES string of the molecule is COc1ccc(COc2cccc(OCC3CC3)c2-c2cc(C3CCN(C(=O)OC(C)(C)C)CC3)c3c(n2)NC(=O)C(C(N)=O)C3)cc1. The lowest BCUT2D eigenvalue weighted by Crippen LogP contribution is -2.42. The Morgan fingerprint density at radius 1 is 1.00 bits per heavy atom. The van der Waals surface area contributed by atoms with Crippen molar-refractivity contribution < 1.29 is 33.3 Å². The number of aromatic nitrogens is 1. The van der Waals surface area contributed by atoms with E-state index in [9.17, 15) is 14.4 Å². The zero-order valence-corrected chi connectivity index (χ0v) is 28.0. The summed E-state index contributed by atoms with van der Waals surface area (Å²) in [5.74, 6) is 0.804. The molecular weight excluding hydrogens is 612 g/mol. The highest BCUT2D eigenvalue weighted by Gasteiger charge is 2.36. The minimum Gasteiger partial charge on any atom is -0.497 e. The third-order valence-corrected chi connectivity index (χ3v) is 9.02. The number of carbonyl (C=O) groups excluding carboxylic acids is 3. The molecule has 0 bridgehead atoms. The predicted molar refractivity (Wildman–Crippen MR) is 180 cm³/mol. The van der Waals surface area contributed by atoms with E-state index in [-0.39, 0.29) is 18.4 Å². The summed E-state index contributed by atoms with van der Waals surface area (Å²) < 4.78 is 23.7. The van der Waals surface area contributed by atoms with Crippen molar-refractivity contribution >= 4 is 23.7 Å².